The van der Waals surface area contributed by atoms with Crippen LogP contribution in [0.1, 0.15) is 26.7 Å². The van der Waals surface area contributed by atoms with Crippen molar-refractivity contribution in [3.05, 3.63) is 24.3 Å². The number of benzene rings is 1. The maximum Gasteiger partial charge on any atom is 0.142 e. The molecule has 0 aromatic heterocycles. The smallest absolute Gasteiger partial charge is 0.142 e. The van der Waals surface area contributed by atoms with Crippen LogP contribution in [0.5, 0.6) is 5.75 Å². The van der Waals surface area contributed by atoms with Gasteiger partial charge in [0.05, 0.1) is 11.3 Å². The average molecular weight is 209 g/mol. The Labute approximate surface area is 90.9 Å². The van der Waals surface area contributed by atoms with Crippen molar-refractivity contribution in [2.75, 3.05) is 12.3 Å². The van der Waals surface area contributed by atoms with E-state index < -0.39 is 5.60 Å². The summed E-state index contributed by atoms with van der Waals surface area (Å²) in [5, 5.41) is 10.0. The summed E-state index contributed by atoms with van der Waals surface area (Å²) in [7, 11) is 0. The van der Waals surface area contributed by atoms with Gasteiger partial charge in [-0.3, -0.25) is 0 Å². The van der Waals surface area contributed by atoms with Crippen LogP contribution >= 0.6 is 0 Å². The molecule has 0 aliphatic carbocycles. The number of para-hydroxylation sites is 2. The van der Waals surface area contributed by atoms with E-state index in [9.17, 15) is 5.11 Å². The molecule has 3 N–H and O–H groups in total. The van der Waals surface area contributed by atoms with Gasteiger partial charge in [0.15, 0.2) is 0 Å². The zero-order valence-electron chi connectivity index (χ0n) is 9.36. The predicted octanol–water partition coefficient (Wildman–Crippen LogP) is 2.20. The van der Waals surface area contributed by atoms with Crippen LogP contribution in [0.4, 0.5) is 5.69 Å². The third-order valence-corrected chi connectivity index (χ3v) is 2.73. The van der Waals surface area contributed by atoms with Crippen LogP contribution in [0.25, 0.3) is 0 Å². The van der Waals surface area contributed by atoms with Gasteiger partial charge in [-0.25, -0.2) is 0 Å². The zero-order chi connectivity index (χ0) is 11.3. The molecule has 0 radical (unpaired) electrons. The molecule has 3 nitrogen and oxygen atoms in total. The molecule has 15 heavy (non-hydrogen) atoms. The summed E-state index contributed by atoms with van der Waals surface area (Å²) in [6, 6.07) is 7.31. The van der Waals surface area contributed by atoms with E-state index >= 15 is 0 Å². The van der Waals surface area contributed by atoms with E-state index in [4.69, 9.17) is 10.5 Å². The first-order valence-corrected chi connectivity index (χ1v) is 5.31. The van der Waals surface area contributed by atoms with Crippen molar-refractivity contribution in [2.45, 2.75) is 32.3 Å². The highest BCUT2D eigenvalue weighted by atomic mass is 16.5. The standard InChI is InChI=1S/C12H19NO2/c1-3-12(14,4-2)9-15-11-8-6-5-7-10(11)13/h5-8,14H,3-4,9,13H2,1-2H3. The monoisotopic (exact) mass is 209 g/mol. The van der Waals surface area contributed by atoms with Gasteiger partial charge < -0.3 is 15.6 Å². The van der Waals surface area contributed by atoms with Gasteiger partial charge in [-0.1, -0.05) is 26.0 Å². The summed E-state index contributed by atoms with van der Waals surface area (Å²) in [6.07, 6.45) is 1.35. The normalized spacial score (nSPS) is 11.4. The van der Waals surface area contributed by atoms with Crippen LogP contribution in [-0.2, 0) is 0 Å². The van der Waals surface area contributed by atoms with E-state index in [2.05, 4.69) is 0 Å². The number of nitrogens with two attached hydrogens (primary N) is 1. The maximum absolute atomic E-state index is 10.0. The largest absolute Gasteiger partial charge is 0.488 e. The molecule has 0 heterocycles. The van der Waals surface area contributed by atoms with Crippen molar-refractivity contribution in [1.29, 1.82) is 0 Å². The fraction of sp³-hybridized carbons (Fsp3) is 0.500. The Kier molecular flexibility index (Phi) is 3.97. The van der Waals surface area contributed by atoms with E-state index in [1.807, 2.05) is 26.0 Å². The first kappa shape index (κ1) is 11.9. The minimum Gasteiger partial charge on any atom is -0.488 e. The first-order valence-electron chi connectivity index (χ1n) is 5.31. The van der Waals surface area contributed by atoms with Gasteiger partial charge in [0, 0.05) is 0 Å². The first-order chi connectivity index (χ1) is 7.11. The highest BCUT2D eigenvalue weighted by molar-refractivity contribution is 5.51. The average Bonchev–Trinajstić information content (AvgIpc) is 2.28. The predicted molar refractivity (Wildman–Crippen MR) is 61.9 cm³/mol. The molecular weight excluding hydrogens is 190 g/mol. The third-order valence-electron chi connectivity index (χ3n) is 2.73. The van der Waals surface area contributed by atoms with Gasteiger partial charge in [0.2, 0.25) is 0 Å². The Morgan fingerprint density at radius 3 is 2.40 bits per heavy atom. The van der Waals surface area contributed by atoms with Gasteiger partial charge in [-0.2, -0.15) is 0 Å². The second-order valence-electron chi connectivity index (χ2n) is 3.76. The number of anilines is 1. The van der Waals surface area contributed by atoms with Gasteiger partial charge in [0.1, 0.15) is 12.4 Å². The summed E-state index contributed by atoms with van der Waals surface area (Å²) in [5.74, 6) is 0.637. The molecule has 0 saturated carbocycles. The summed E-state index contributed by atoms with van der Waals surface area (Å²) in [6.45, 7) is 4.18. The van der Waals surface area contributed by atoms with Crippen molar-refractivity contribution < 1.29 is 9.84 Å². The summed E-state index contributed by atoms with van der Waals surface area (Å²) < 4.78 is 5.51. The lowest BCUT2D eigenvalue weighted by Crippen LogP contribution is -2.34. The van der Waals surface area contributed by atoms with Crippen LogP contribution in [0, 0.1) is 0 Å². The van der Waals surface area contributed by atoms with Crippen molar-refractivity contribution in [3.63, 3.8) is 0 Å². The Hall–Kier alpha value is -1.22. The van der Waals surface area contributed by atoms with E-state index in [0.717, 1.165) is 0 Å². The lowest BCUT2D eigenvalue weighted by atomic mass is 9.99. The minimum atomic E-state index is -0.748. The number of aliphatic hydroxyl groups is 1. The van der Waals surface area contributed by atoms with E-state index in [1.165, 1.54) is 0 Å². The van der Waals surface area contributed by atoms with Gasteiger partial charge in [-0.15, -0.1) is 0 Å². The van der Waals surface area contributed by atoms with Crippen LogP contribution in [0.2, 0.25) is 0 Å². The van der Waals surface area contributed by atoms with Crippen LogP contribution in [0.15, 0.2) is 24.3 Å². The number of hydrogen-bond acceptors (Lipinski definition) is 3. The number of hydrogen-bond donors (Lipinski definition) is 2. The lowest BCUT2D eigenvalue weighted by Gasteiger charge is -2.25. The molecule has 0 spiro atoms. The molecular formula is C12H19NO2. The van der Waals surface area contributed by atoms with Gasteiger partial charge in [-0.05, 0) is 25.0 Å². The number of nitrogen functional groups attached to an aromatic ring is 1. The molecule has 1 aromatic carbocycles. The summed E-state index contributed by atoms with van der Waals surface area (Å²) in [5.41, 5.74) is 5.58. The van der Waals surface area contributed by atoms with Gasteiger partial charge in [0.25, 0.3) is 0 Å². The summed E-state index contributed by atoms with van der Waals surface area (Å²) in [4.78, 5) is 0. The molecule has 0 fully saturated rings. The molecule has 1 rings (SSSR count). The fourth-order valence-corrected chi connectivity index (χ4v) is 1.28. The van der Waals surface area contributed by atoms with E-state index in [0.29, 0.717) is 24.3 Å². The van der Waals surface area contributed by atoms with Crippen molar-refractivity contribution in [3.8, 4) is 5.75 Å². The molecule has 1 aromatic rings. The molecule has 3 heteroatoms. The minimum absolute atomic E-state index is 0.286. The second-order valence-corrected chi connectivity index (χ2v) is 3.76. The molecule has 0 saturated heterocycles. The SMILES string of the molecule is CCC(O)(CC)COc1ccccc1N. The highest BCUT2D eigenvalue weighted by Crippen LogP contribution is 2.23. The molecule has 0 aliphatic rings. The Balaban J connectivity index is 2.61. The highest BCUT2D eigenvalue weighted by Gasteiger charge is 2.23. The molecule has 84 valence electrons. The van der Waals surface area contributed by atoms with E-state index in [1.54, 1.807) is 12.1 Å². The fourth-order valence-electron chi connectivity index (χ4n) is 1.28. The Bertz CT molecular complexity index is 308. The lowest BCUT2D eigenvalue weighted by molar-refractivity contribution is -0.0111. The molecule has 0 atom stereocenters. The number of ether oxygens (including phenoxy) is 1. The van der Waals surface area contributed by atoms with Crippen molar-refractivity contribution in [1.82, 2.24) is 0 Å². The second kappa shape index (κ2) is 5.03. The van der Waals surface area contributed by atoms with Crippen LogP contribution < -0.4 is 10.5 Å². The van der Waals surface area contributed by atoms with Crippen LogP contribution in [0.3, 0.4) is 0 Å². The van der Waals surface area contributed by atoms with Crippen molar-refractivity contribution in [2.24, 2.45) is 0 Å². The van der Waals surface area contributed by atoms with E-state index in [-0.39, 0.29) is 6.61 Å². The quantitative estimate of drug-likeness (QED) is 0.731. The van der Waals surface area contributed by atoms with Crippen LogP contribution in [-0.4, -0.2) is 17.3 Å². The zero-order valence-corrected chi connectivity index (χ0v) is 9.36. The molecule has 0 amide bonds. The third kappa shape index (κ3) is 3.13. The topological polar surface area (TPSA) is 55.5 Å². The van der Waals surface area contributed by atoms with Crippen molar-refractivity contribution >= 4 is 5.69 Å². The number of rotatable bonds is 5. The van der Waals surface area contributed by atoms with Gasteiger partial charge >= 0.3 is 0 Å². The Morgan fingerprint density at radius 1 is 1.27 bits per heavy atom. The Morgan fingerprint density at radius 2 is 1.87 bits per heavy atom. The maximum atomic E-state index is 10.0. The molecule has 0 bridgehead atoms. The molecule has 0 unspecified atom stereocenters. The molecule has 0 aliphatic heterocycles. The summed E-state index contributed by atoms with van der Waals surface area (Å²) >= 11 is 0.